The highest BCUT2D eigenvalue weighted by Gasteiger charge is 2.25. The minimum Gasteiger partial charge on any atom is -0.472 e. The number of furan rings is 1. The van der Waals surface area contributed by atoms with E-state index in [1.54, 1.807) is 37.1 Å². The van der Waals surface area contributed by atoms with Gasteiger partial charge in [0.15, 0.2) is 0 Å². The molecule has 34 heavy (non-hydrogen) atoms. The van der Waals surface area contributed by atoms with Crippen LogP contribution >= 0.6 is 11.8 Å². The maximum atomic E-state index is 11.8. The quantitative estimate of drug-likeness (QED) is 0.435. The van der Waals surface area contributed by atoms with Crippen molar-refractivity contribution in [1.29, 1.82) is 0 Å². The second-order valence-corrected chi connectivity index (χ2v) is 9.27. The Morgan fingerprint density at radius 1 is 1.09 bits per heavy atom. The van der Waals surface area contributed by atoms with Gasteiger partial charge in [0.05, 0.1) is 28.8 Å². The smallest absolute Gasteiger partial charge is 0.290 e. The maximum absolute atomic E-state index is 11.8. The summed E-state index contributed by atoms with van der Waals surface area (Å²) in [5.41, 5.74) is 3.68. The van der Waals surface area contributed by atoms with Crippen LogP contribution in [-0.4, -0.2) is 38.2 Å². The van der Waals surface area contributed by atoms with Crippen LogP contribution in [0.2, 0.25) is 0 Å². The molecule has 1 saturated heterocycles. The lowest BCUT2D eigenvalue weighted by molar-refractivity contribution is -0.115. The number of pyridine rings is 1. The molecule has 174 valence electrons. The zero-order valence-corrected chi connectivity index (χ0v) is 19.2. The van der Waals surface area contributed by atoms with Gasteiger partial charge in [-0.3, -0.25) is 19.9 Å². The minimum absolute atomic E-state index is 0.284. The Labute approximate surface area is 200 Å². The molecular formula is C24H24N6O3S. The van der Waals surface area contributed by atoms with E-state index in [0.29, 0.717) is 22.6 Å². The van der Waals surface area contributed by atoms with E-state index in [1.165, 1.54) is 0 Å². The standard InChI is InChI=1S/C24H24N6O3S/c31-22-20(34-24(32)30-22)12-19-7-10-26-23(29-19)28-18-5-3-17(4-6-18)27-13-15-2-1-9-25-21(15)16-8-11-33-14-16/h1-2,7-12,14,17-18,27H,3-6,13H2,(H,26,28,29)(H,30,31,32)/b20-12-/t17-,18-. The Morgan fingerprint density at radius 3 is 2.71 bits per heavy atom. The Kier molecular flexibility index (Phi) is 6.68. The largest absolute Gasteiger partial charge is 0.472 e. The number of hydrogen-bond acceptors (Lipinski definition) is 9. The number of thioether (sulfide) groups is 1. The van der Waals surface area contributed by atoms with Gasteiger partial charge in [-0.25, -0.2) is 9.97 Å². The van der Waals surface area contributed by atoms with Crippen LogP contribution in [-0.2, 0) is 11.3 Å². The van der Waals surface area contributed by atoms with Crippen molar-refractivity contribution in [1.82, 2.24) is 25.6 Å². The third kappa shape index (κ3) is 5.35. The van der Waals surface area contributed by atoms with E-state index in [2.05, 4.69) is 37.0 Å². The molecule has 5 rings (SSSR count). The molecular weight excluding hydrogens is 452 g/mol. The van der Waals surface area contributed by atoms with Crippen LogP contribution in [0.1, 0.15) is 36.9 Å². The fourth-order valence-corrected chi connectivity index (χ4v) is 4.86. The van der Waals surface area contributed by atoms with Gasteiger partial charge in [0.1, 0.15) is 0 Å². The first-order valence-corrected chi connectivity index (χ1v) is 12.0. The summed E-state index contributed by atoms with van der Waals surface area (Å²) in [6.07, 6.45) is 12.5. The fourth-order valence-electron chi connectivity index (χ4n) is 4.20. The summed E-state index contributed by atoms with van der Waals surface area (Å²) in [7, 11) is 0. The fraction of sp³-hybridized carbons (Fsp3) is 0.292. The molecule has 0 aromatic carbocycles. The van der Waals surface area contributed by atoms with Crippen molar-refractivity contribution in [3.05, 3.63) is 65.3 Å². The molecule has 1 saturated carbocycles. The molecule has 0 spiro atoms. The number of hydrogen-bond donors (Lipinski definition) is 3. The summed E-state index contributed by atoms with van der Waals surface area (Å²) in [6, 6.07) is 8.41. The lowest BCUT2D eigenvalue weighted by atomic mass is 9.91. The normalized spacial score (nSPS) is 21.6. The van der Waals surface area contributed by atoms with E-state index in [4.69, 9.17) is 4.42 Å². The summed E-state index contributed by atoms with van der Waals surface area (Å²) in [4.78, 5) is 36.8. The number of carbonyl (C=O) groups is 2. The van der Waals surface area contributed by atoms with Gasteiger partial charge >= 0.3 is 0 Å². The van der Waals surface area contributed by atoms with Crippen molar-refractivity contribution < 1.29 is 14.0 Å². The first kappa shape index (κ1) is 22.3. The van der Waals surface area contributed by atoms with Crippen LogP contribution in [0.4, 0.5) is 10.7 Å². The van der Waals surface area contributed by atoms with Crippen molar-refractivity contribution in [2.75, 3.05) is 5.32 Å². The molecule has 1 aliphatic carbocycles. The van der Waals surface area contributed by atoms with Crippen LogP contribution in [0, 0.1) is 0 Å². The van der Waals surface area contributed by atoms with Gasteiger partial charge in [-0.1, -0.05) is 6.07 Å². The van der Waals surface area contributed by atoms with Gasteiger partial charge in [0.25, 0.3) is 11.1 Å². The Balaban J connectivity index is 1.13. The predicted molar refractivity (Wildman–Crippen MR) is 130 cm³/mol. The lowest BCUT2D eigenvalue weighted by Gasteiger charge is -2.30. The Morgan fingerprint density at radius 2 is 1.94 bits per heavy atom. The number of amides is 2. The molecule has 2 amide bonds. The molecule has 9 nitrogen and oxygen atoms in total. The Bertz CT molecular complexity index is 1200. The van der Waals surface area contributed by atoms with Gasteiger partial charge < -0.3 is 15.1 Å². The highest BCUT2D eigenvalue weighted by atomic mass is 32.2. The summed E-state index contributed by atoms with van der Waals surface area (Å²) in [6.45, 7) is 0.755. The molecule has 1 aliphatic heterocycles. The van der Waals surface area contributed by atoms with Gasteiger partial charge in [-0.05, 0) is 67.3 Å². The summed E-state index contributed by atoms with van der Waals surface area (Å²) < 4.78 is 5.22. The molecule has 10 heteroatoms. The first-order chi connectivity index (χ1) is 16.6. The SMILES string of the molecule is O=C1NC(=O)/C(=C/c2ccnc(N[C@H]3CC[C@H](NCc4cccnc4-c4ccoc4)CC3)n2)S1. The average molecular weight is 477 g/mol. The van der Waals surface area contributed by atoms with Crippen molar-refractivity contribution >= 4 is 34.9 Å². The lowest BCUT2D eigenvalue weighted by Crippen LogP contribution is -2.37. The van der Waals surface area contributed by atoms with E-state index in [1.807, 2.05) is 12.1 Å². The molecule has 3 N–H and O–H groups in total. The first-order valence-electron chi connectivity index (χ1n) is 11.2. The highest BCUT2D eigenvalue weighted by Crippen LogP contribution is 2.26. The third-order valence-electron chi connectivity index (χ3n) is 5.93. The summed E-state index contributed by atoms with van der Waals surface area (Å²) in [5.74, 6) is 0.137. The summed E-state index contributed by atoms with van der Waals surface area (Å²) >= 11 is 0.878. The molecule has 0 unspecified atom stereocenters. The Hall–Kier alpha value is -3.50. The minimum atomic E-state index is -0.392. The topological polar surface area (TPSA) is 122 Å². The van der Waals surface area contributed by atoms with Gasteiger partial charge in [-0.15, -0.1) is 0 Å². The molecule has 0 radical (unpaired) electrons. The molecule has 2 aliphatic rings. The summed E-state index contributed by atoms with van der Waals surface area (Å²) in [5, 5.41) is 8.97. The number of carbonyl (C=O) groups excluding carboxylic acids is 2. The second kappa shape index (κ2) is 10.2. The van der Waals surface area contributed by atoms with Crippen LogP contribution in [0.5, 0.6) is 0 Å². The monoisotopic (exact) mass is 476 g/mol. The number of nitrogens with one attached hydrogen (secondary N) is 3. The van der Waals surface area contributed by atoms with Gasteiger partial charge in [-0.2, -0.15) is 0 Å². The molecule has 0 bridgehead atoms. The average Bonchev–Trinajstić information content (AvgIpc) is 3.49. The van der Waals surface area contributed by atoms with Crippen LogP contribution in [0.3, 0.4) is 0 Å². The molecule has 4 heterocycles. The highest BCUT2D eigenvalue weighted by molar-refractivity contribution is 8.18. The van der Waals surface area contributed by atoms with E-state index in [0.717, 1.165) is 60.8 Å². The van der Waals surface area contributed by atoms with E-state index >= 15 is 0 Å². The van der Waals surface area contributed by atoms with Crippen molar-refractivity contribution in [3.8, 4) is 11.3 Å². The zero-order chi connectivity index (χ0) is 23.3. The van der Waals surface area contributed by atoms with E-state index < -0.39 is 5.91 Å². The van der Waals surface area contributed by atoms with Crippen LogP contribution in [0.25, 0.3) is 17.3 Å². The van der Waals surface area contributed by atoms with Crippen LogP contribution < -0.4 is 16.0 Å². The second-order valence-electron chi connectivity index (χ2n) is 8.25. The zero-order valence-electron chi connectivity index (χ0n) is 18.4. The molecule has 2 fully saturated rings. The molecule has 0 atom stereocenters. The number of nitrogens with zero attached hydrogens (tertiary/aromatic N) is 3. The third-order valence-corrected chi connectivity index (χ3v) is 6.74. The van der Waals surface area contributed by atoms with Crippen molar-refractivity contribution in [2.45, 2.75) is 44.3 Å². The van der Waals surface area contributed by atoms with E-state index in [-0.39, 0.29) is 11.3 Å². The number of imide groups is 1. The number of anilines is 1. The maximum Gasteiger partial charge on any atom is 0.290 e. The van der Waals surface area contributed by atoms with Gasteiger partial charge in [0, 0.05) is 36.6 Å². The number of rotatable bonds is 7. The van der Waals surface area contributed by atoms with Gasteiger partial charge in [0.2, 0.25) is 5.95 Å². The van der Waals surface area contributed by atoms with Crippen molar-refractivity contribution in [3.63, 3.8) is 0 Å². The van der Waals surface area contributed by atoms with E-state index in [9.17, 15) is 9.59 Å². The molecule has 3 aromatic heterocycles. The van der Waals surface area contributed by atoms with Crippen LogP contribution in [0.15, 0.2) is 58.5 Å². The molecule has 3 aromatic rings. The van der Waals surface area contributed by atoms with Crippen molar-refractivity contribution in [2.24, 2.45) is 0 Å². The number of aromatic nitrogens is 3. The predicted octanol–water partition coefficient (Wildman–Crippen LogP) is 3.97.